The van der Waals surface area contributed by atoms with Gasteiger partial charge >= 0.3 is 0 Å². The van der Waals surface area contributed by atoms with Crippen LogP contribution < -0.4 is 5.73 Å². The SMILES string of the molecule is CC[Si](C#C[C@]1(COCc2ccccc2)O[C@@H](n2cnc3c(N)nc(Cl)nc32)C[C@@H]1OCc1ccccc1)(CC)CC. The van der Waals surface area contributed by atoms with Gasteiger partial charge in [0, 0.05) is 6.42 Å². The molecular formula is C32H38ClN5O3Si. The van der Waals surface area contributed by atoms with E-state index in [0.29, 0.717) is 30.8 Å². The van der Waals surface area contributed by atoms with E-state index >= 15 is 0 Å². The van der Waals surface area contributed by atoms with Crippen LogP contribution in [-0.4, -0.2) is 45.9 Å². The summed E-state index contributed by atoms with van der Waals surface area (Å²) in [6.45, 7) is 7.86. The molecule has 0 aliphatic carbocycles. The summed E-state index contributed by atoms with van der Waals surface area (Å²) in [6, 6.07) is 23.5. The van der Waals surface area contributed by atoms with E-state index in [9.17, 15) is 0 Å². The molecule has 0 radical (unpaired) electrons. The third kappa shape index (κ3) is 6.53. The molecule has 3 heterocycles. The second-order valence-corrected chi connectivity index (χ2v) is 16.0. The van der Waals surface area contributed by atoms with Gasteiger partial charge in [0.15, 0.2) is 17.1 Å². The number of hydrogen-bond acceptors (Lipinski definition) is 7. The largest absolute Gasteiger partial charge is 0.382 e. The van der Waals surface area contributed by atoms with Crippen LogP contribution in [0, 0.1) is 11.5 Å². The molecule has 42 heavy (non-hydrogen) atoms. The fourth-order valence-electron chi connectivity index (χ4n) is 5.43. The van der Waals surface area contributed by atoms with Crippen LogP contribution in [0.4, 0.5) is 5.82 Å². The van der Waals surface area contributed by atoms with Crippen molar-refractivity contribution in [1.29, 1.82) is 0 Å². The van der Waals surface area contributed by atoms with E-state index in [4.69, 9.17) is 31.5 Å². The molecule has 0 unspecified atom stereocenters. The number of aromatic nitrogens is 4. The lowest BCUT2D eigenvalue weighted by atomic mass is 9.98. The third-order valence-electron chi connectivity index (χ3n) is 8.31. The van der Waals surface area contributed by atoms with Crippen LogP contribution >= 0.6 is 11.6 Å². The van der Waals surface area contributed by atoms with Crippen molar-refractivity contribution in [2.75, 3.05) is 12.3 Å². The lowest BCUT2D eigenvalue weighted by Gasteiger charge is -2.31. The van der Waals surface area contributed by atoms with Gasteiger partial charge in [-0.2, -0.15) is 9.97 Å². The van der Waals surface area contributed by atoms with Crippen molar-refractivity contribution in [3.05, 3.63) is 83.4 Å². The monoisotopic (exact) mass is 603 g/mol. The number of nitrogen functional groups attached to an aromatic ring is 1. The van der Waals surface area contributed by atoms with Gasteiger partial charge in [-0.25, -0.2) is 4.98 Å². The molecule has 1 fully saturated rings. The average molecular weight is 604 g/mol. The first-order valence-corrected chi connectivity index (χ1v) is 17.6. The number of ether oxygens (including phenoxy) is 3. The molecule has 5 rings (SSSR count). The molecule has 1 aliphatic heterocycles. The Morgan fingerprint density at radius 2 is 1.64 bits per heavy atom. The van der Waals surface area contributed by atoms with Gasteiger partial charge in [0.1, 0.15) is 25.9 Å². The molecule has 10 heteroatoms. The average Bonchev–Trinajstić information content (AvgIpc) is 3.60. The maximum absolute atomic E-state index is 6.93. The molecule has 4 aromatic rings. The zero-order valence-corrected chi connectivity index (χ0v) is 26.2. The van der Waals surface area contributed by atoms with E-state index in [1.54, 1.807) is 6.33 Å². The number of nitrogens with two attached hydrogens (primary N) is 1. The van der Waals surface area contributed by atoms with E-state index in [-0.39, 0.29) is 23.8 Å². The first kappa shape index (κ1) is 30.2. The van der Waals surface area contributed by atoms with E-state index < -0.39 is 19.9 Å². The number of halogens is 1. The normalized spacial score (nSPS) is 20.5. The van der Waals surface area contributed by atoms with Crippen molar-refractivity contribution in [1.82, 2.24) is 19.5 Å². The molecule has 2 aromatic heterocycles. The molecule has 2 N–H and O–H groups in total. The van der Waals surface area contributed by atoms with Crippen molar-refractivity contribution in [2.24, 2.45) is 0 Å². The van der Waals surface area contributed by atoms with Gasteiger partial charge in [-0.3, -0.25) is 4.57 Å². The number of benzene rings is 2. The standard InChI is InChI=1S/C32H38ClN5O3Si/c1-4-42(5-2,6-3)18-17-32(22-39-20-24-13-9-7-10-14-24)26(40-21-25-15-11-8-12-16-25)19-27(41-32)38-23-35-28-29(34)36-31(33)37-30(28)38/h7-16,23,26-27H,4-6,19-22H2,1-3H3,(H2,34,36,37)/t26-,27+,32+/m0/s1. The molecule has 1 saturated heterocycles. The van der Waals surface area contributed by atoms with Crippen molar-refractivity contribution >= 4 is 36.7 Å². The first-order chi connectivity index (χ1) is 20.4. The van der Waals surface area contributed by atoms with Crippen LogP contribution in [0.5, 0.6) is 0 Å². The van der Waals surface area contributed by atoms with Crippen LogP contribution in [0.15, 0.2) is 67.0 Å². The maximum Gasteiger partial charge on any atom is 0.226 e. The first-order valence-electron chi connectivity index (χ1n) is 14.6. The summed E-state index contributed by atoms with van der Waals surface area (Å²) in [5.41, 5.74) is 12.0. The molecular weight excluding hydrogens is 566 g/mol. The van der Waals surface area contributed by atoms with Gasteiger partial charge < -0.3 is 19.9 Å². The van der Waals surface area contributed by atoms with Crippen LogP contribution in [0.3, 0.4) is 0 Å². The summed E-state index contributed by atoms with van der Waals surface area (Å²) in [5.74, 6) is 3.87. The van der Waals surface area contributed by atoms with Gasteiger partial charge in [0.05, 0.1) is 26.1 Å². The highest BCUT2D eigenvalue weighted by Crippen LogP contribution is 2.41. The van der Waals surface area contributed by atoms with E-state index in [0.717, 1.165) is 29.3 Å². The Labute approximate surface area is 253 Å². The number of rotatable bonds is 11. The zero-order chi connectivity index (χ0) is 29.6. The topological polar surface area (TPSA) is 97.3 Å². The highest BCUT2D eigenvalue weighted by atomic mass is 35.5. The maximum atomic E-state index is 6.93. The predicted molar refractivity (Wildman–Crippen MR) is 168 cm³/mol. The van der Waals surface area contributed by atoms with Crippen molar-refractivity contribution in [3.63, 3.8) is 0 Å². The Kier molecular flexibility index (Phi) is 9.61. The number of fused-ring (bicyclic) bond motifs is 1. The molecule has 0 saturated carbocycles. The highest BCUT2D eigenvalue weighted by molar-refractivity contribution is 6.87. The smallest absolute Gasteiger partial charge is 0.226 e. The molecule has 0 amide bonds. The summed E-state index contributed by atoms with van der Waals surface area (Å²) in [7, 11) is -1.82. The minimum absolute atomic E-state index is 0.0542. The summed E-state index contributed by atoms with van der Waals surface area (Å²) >= 11 is 6.19. The fraction of sp³-hybridized carbons (Fsp3) is 0.406. The lowest BCUT2D eigenvalue weighted by Crippen LogP contribution is -2.45. The quantitative estimate of drug-likeness (QED) is 0.118. The van der Waals surface area contributed by atoms with Crippen molar-refractivity contribution < 1.29 is 14.2 Å². The zero-order valence-electron chi connectivity index (χ0n) is 24.4. The Bertz CT molecular complexity index is 1530. The van der Waals surface area contributed by atoms with Gasteiger partial charge in [-0.05, 0) is 40.9 Å². The summed E-state index contributed by atoms with van der Waals surface area (Å²) < 4.78 is 21.8. The van der Waals surface area contributed by atoms with Crippen LogP contribution in [-0.2, 0) is 27.4 Å². The predicted octanol–water partition coefficient (Wildman–Crippen LogP) is 6.57. The van der Waals surface area contributed by atoms with Gasteiger partial charge in [-0.1, -0.05) is 87.4 Å². The van der Waals surface area contributed by atoms with Gasteiger partial charge in [0.25, 0.3) is 0 Å². The van der Waals surface area contributed by atoms with E-state index in [1.807, 2.05) is 41.0 Å². The second kappa shape index (κ2) is 13.4. The van der Waals surface area contributed by atoms with Crippen molar-refractivity contribution in [2.45, 2.75) is 76.5 Å². The molecule has 2 aromatic carbocycles. The van der Waals surface area contributed by atoms with Crippen molar-refractivity contribution in [3.8, 4) is 11.5 Å². The Morgan fingerprint density at radius 3 is 2.29 bits per heavy atom. The highest BCUT2D eigenvalue weighted by Gasteiger charge is 2.50. The van der Waals surface area contributed by atoms with Crippen LogP contribution in [0.2, 0.25) is 23.4 Å². The molecule has 8 nitrogen and oxygen atoms in total. The van der Waals surface area contributed by atoms with Crippen LogP contribution in [0.1, 0.15) is 44.5 Å². The summed E-state index contributed by atoms with van der Waals surface area (Å²) in [4.78, 5) is 13.0. The molecule has 1 aliphatic rings. The number of nitrogens with zero attached hydrogens (tertiary/aromatic N) is 4. The van der Waals surface area contributed by atoms with E-state index in [2.05, 4.69) is 71.5 Å². The van der Waals surface area contributed by atoms with Gasteiger partial charge in [0.2, 0.25) is 5.28 Å². The molecule has 220 valence electrons. The fourth-order valence-corrected chi connectivity index (χ4v) is 8.11. The van der Waals surface area contributed by atoms with Crippen LogP contribution in [0.25, 0.3) is 11.2 Å². The van der Waals surface area contributed by atoms with E-state index in [1.165, 1.54) is 0 Å². The Balaban J connectivity index is 1.54. The Hall–Kier alpha value is -3.26. The second-order valence-electron chi connectivity index (χ2n) is 10.8. The number of anilines is 1. The Morgan fingerprint density at radius 1 is 1.00 bits per heavy atom. The molecule has 0 bridgehead atoms. The van der Waals surface area contributed by atoms with Gasteiger partial charge in [-0.15, -0.1) is 5.54 Å². The lowest BCUT2D eigenvalue weighted by molar-refractivity contribution is -0.123. The number of imidazole rings is 1. The minimum atomic E-state index is -1.82. The number of hydrogen-bond donors (Lipinski definition) is 1. The minimum Gasteiger partial charge on any atom is -0.382 e. The summed E-state index contributed by atoms with van der Waals surface area (Å²) in [5, 5.41) is 0.0542. The molecule has 0 spiro atoms. The molecule has 3 atom stereocenters. The summed E-state index contributed by atoms with van der Waals surface area (Å²) in [6.07, 6.45) is 1.33. The third-order valence-corrected chi connectivity index (χ3v) is 13.2.